The predicted octanol–water partition coefficient (Wildman–Crippen LogP) is 6.80. The summed E-state index contributed by atoms with van der Waals surface area (Å²) in [5.74, 6) is 2.72. The van der Waals surface area contributed by atoms with Crippen LogP contribution >= 0.6 is 0 Å². The molecule has 186 valence electrons. The van der Waals surface area contributed by atoms with Crippen LogP contribution in [0.1, 0.15) is 113 Å². The third kappa shape index (κ3) is 5.29. The van der Waals surface area contributed by atoms with Gasteiger partial charge in [0.05, 0.1) is 0 Å². The van der Waals surface area contributed by atoms with E-state index in [0.717, 1.165) is 29.3 Å². The summed E-state index contributed by atoms with van der Waals surface area (Å²) < 4.78 is 0. The van der Waals surface area contributed by atoms with Gasteiger partial charge in [-0.1, -0.05) is 41.5 Å². The third-order valence-electron chi connectivity index (χ3n) is 9.90. The number of Topliss-reactive ketones (excluding diaryl/α,β-unsaturated/α-hetero) is 1. The van der Waals surface area contributed by atoms with E-state index in [0.29, 0.717) is 17.1 Å². The molecule has 5 rings (SSSR count). The molecule has 5 aliphatic rings. The number of ketones is 1. The Morgan fingerprint density at radius 1 is 0.750 bits per heavy atom. The SMILES string of the molecule is CC.CC.CC(=O)C1CCC2(CC1)CC(N1CCC(N3CC4(CC(C(C)C)C4)C3)CC1)C2. The van der Waals surface area contributed by atoms with Crippen LogP contribution in [0.2, 0.25) is 0 Å². The summed E-state index contributed by atoms with van der Waals surface area (Å²) in [7, 11) is 0. The van der Waals surface area contributed by atoms with E-state index in [2.05, 4.69) is 23.6 Å². The Morgan fingerprint density at radius 3 is 1.75 bits per heavy atom. The first-order chi connectivity index (χ1) is 15.4. The van der Waals surface area contributed by atoms with E-state index >= 15 is 0 Å². The summed E-state index contributed by atoms with van der Waals surface area (Å²) >= 11 is 0. The van der Waals surface area contributed by atoms with Gasteiger partial charge in [-0.25, -0.2) is 0 Å². The van der Waals surface area contributed by atoms with Gasteiger partial charge in [0, 0.05) is 31.1 Å². The van der Waals surface area contributed by atoms with E-state index in [1.807, 2.05) is 27.7 Å². The van der Waals surface area contributed by atoms with Crippen molar-refractivity contribution in [2.45, 2.75) is 125 Å². The average Bonchev–Trinajstić information content (AvgIpc) is 2.73. The zero-order valence-corrected chi connectivity index (χ0v) is 22.6. The number of piperidine rings is 1. The van der Waals surface area contributed by atoms with Gasteiger partial charge in [-0.15, -0.1) is 0 Å². The van der Waals surface area contributed by atoms with Crippen molar-refractivity contribution >= 4 is 5.78 Å². The smallest absolute Gasteiger partial charge is 0.132 e. The molecule has 3 nitrogen and oxygen atoms in total. The summed E-state index contributed by atoms with van der Waals surface area (Å²) in [6, 6.07) is 1.73. The molecule has 3 heteroatoms. The molecule has 5 fully saturated rings. The van der Waals surface area contributed by atoms with Crippen LogP contribution in [0, 0.1) is 28.6 Å². The van der Waals surface area contributed by atoms with Gasteiger partial charge in [0.2, 0.25) is 0 Å². The molecule has 3 aliphatic carbocycles. The van der Waals surface area contributed by atoms with E-state index in [1.54, 1.807) is 6.92 Å². The molecule has 0 radical (unpaired) electrons. The number of rotatable bonds is 4. The van der Waals surface area contributed by atoms with E-state index in [4.69, 9.17) is 0 Å². The van der Waals surface area contributed by atoms with Crippen LogP contribution in [0.5, 0.6) is 0 Å². The first-order valence-corrected chi connectivity index (χ1v) is 14.4. The van der Waals surface area contributed by atoms with Gasteiger partial charge in [-0.05, 0) is 107 Å². The molecule has 2 heterocycles. The van der Waals surface area contributed by atoms with Gasteiger partial charge in [0.1, 0.15) is 5.78 Å². The van der Waals surface area contributed by atoms with Crippen molar-refractivity contribution in [3.8, 4) is 0 Å². The third-order valence-corrected chi connectivity index (χ3v) is 9.90. The molecule has 0 N–H and O–H groups in total. The number of carbonyl (C=O) groups is 1. The molecule has 0 aromatic carbocycles. The summed E-state index contributed by atoms with van der Waals surface area (Å²) in [4.78, 5) is 17.3. The highest BCUT2D eigenvalue weighted by molar-refractivity contribution is 5.78. The standard InChI is InChI=1S/C25H42N2O.2C2H6/c1-18(2)21-12-25(13-21)16-27(17-25)22-6-10-26(11-7-22)23-14-24(15-23)8-4-20(5-9-24)19(3)28;2*1-2/h18,20-23H,4-17H2,1-3H3;2*1-2H3. The van der Waals surface area contributed by atoms with E-state index < -0.39 is 0 Å². The van der Waals surface area contributed by atoms with Crippen molar-refractivity contribution in [2.75, 3.05) is 26.2 Å². The summed E-state index contributed by atoms with van der Waals surface area (Å²) in [5, 5.41) is 0. The van der Waals surface area contributed by atoms with E-state index in [1.165, 1.54) is 90.4 Å². The van der Waals surface area contributed by atoms with Gasteiger partial charge >= 0.3 is 0 Å². The van der Waals surface area contributed by atoms with Crippen LogP contribution in [-0.4, -0.2) is 53.8 Å². The molecule has 0 aromatic rings. The summed E-state index contributed by atoms with van der Waals surface area (Å²) in [5.41, 5.74) is 1.36. The zero-order valence-electron chi connectivity index (χ0n) is 22.6. The van der Waals surface area contributed by atoms with Crippen molar-refractivity contribution in [3.63, 3.8) is 0 Å². The van der Waals surface area contributed by atoms with Crippen LogP contribution < -0.4 is 0 Å². The van der Waals surface area contributed by atoms with Crippen LogP contribution in [-0.2, 0) is 4.79 Å². The first kappa shape index (κ1) is 26.2. The molecule has 0 bridgehead atoms. The summed E-state index contributed by atoms with van der Waals surface area (Å²) in [6.45, 7) is 20.1. The fourth-order valence-electron chi connectivity index (χ4n) is 7.71. The number of likely N-dealkylation sites (tertiary alicyclic amines) is 2. The Labute approximate surface area is 200 Å². The predicted molar refractivity (Wildman–Crippen MR) is 137 cm³/mol. The Balaban J connectivity index is 0.000000686. The molecule has 2 saturated heterocycles. The highest BCUT2D eigenvalue weighted by Gasteiger charge is 2.54. The van der Waals surface area contributed by atoms with E-state index in [-0.39, 0.29) is 0 Å². The van der Waals surface area contributed by atoms with Crippen LogP contribution in [0.4, 0.5) is 0 Å². The molecular weight excluding hydrogens is 392 g/mol. The van der Waals surface area contributed by atoms with Crippen molar-refractivity contribution < 1.29 is 4.79 Å². The van der Waals surface area contributed by atoms with Crippen molar-refractivity contribution in [2.24, 2.45) is 28.6 Å². The van der Waals surface area contributed by atoms with Crippen molar-refractivity contribution in [1.29, 1.82) is 0 Å². The Morgan fingerprint density at radius 2 is 1.28 bits per heavy atom. The van der Waals surface area contributed by atoms with Crippen LogP contribution in [0.25, 0.3) is 0 Å². The second kappa shape index (κ2) is 10.9. The number of hydrogen-bond donors (Lipinski definition) is 0. The highest BCUT2D eigenvalue weighted by atomic mass is 16.1. The fourth-order valence-corrected chi connectivity index (χ4v) is 7.71. The normalized spacial score (nSPS) is 35.1. The highest BCUT2D eigenvalue weighted by Crippen LogP contribution is 2.56. The summed E-state index contributed by atoms with van der Waals surface area (Å²) in [6.07, 6.45) is 13.6. The zero-order chi connectivity index (χ0) is 23.5. The minimum atomic E-state index is 0.381. The molecule has 0 unspecified atom stereocenters. The van der Waals surface area contributed by atoms with Gasteiger partial charge in [-0.2, -0.15) is 0 Å². The number of nitrogens with zero attached hydrogens (tertiary/aromatic N) is 2. The number of carbonyl (C=O) groups excluding carboxylic acids is 1. The lowest BCUT2D eigenvalue weighted by molar-refractivity contribution is -0.134. The van der Waals surface area contributed by atoms with Crippen molar-refractivity contribution in [3.05, 3.63) is 0 Å². The topological polar surface area (TPSA) is 23.6 Å². The maximum absolute atomic E-state index is 11.6. The number of hydrogen-bond acceptors (Lipinski definition) is 3. The molecule has 32 heavy (non-hydrogen) atoms. The quantitative estimate of drug-likeness (QED) is 0.474. The maximum atomic E-state index is 11.6. The molecule has 2 aliphatic heterocycles. The second-order valence-corrected chi connectivity index (χ2v) is 12.0. The fraction of sp³-hybridized carbons (Fsp3) is 0.966. The largest absolute Gasteiger partial charge is 0.300 e. The second-order valence-electron chi connectivity index (χ2n) is 12.0. The maximum Gasteiger partial charge on any atom is 0.132 e. The lowest BCUT2D eigenvalue weighted by atomic mass is 9.54. The first-order valence-electron chi connectivity index (χ1n) is 14.4. The van der Waals surface area contributed by atoms with Crippen LogP contribution in [0.3, 0.4) is 0 Å². The van der Waals surface area contributed by atoms with Gasteiger partial charge < -0.3 is 4.90 Å². The van der Waals surface area contributed by atoms with Gasteiger partial charge in [0.15, 0.2) is 0 Å². The molecular formula is C29H54N2O. The Hall–Kier alpha value is -0.410. The van der Waals surface area contributed by atoms with Crippen molar-refractivity contribution in [1.82, 2.24) is 9.80 Å². The average molecular weight is 447 g/mol. The minimum absolute atomic E-state index is 0.381. The molecule has 2 spiro atoms. The Kier molecular flexibility index (Phi) is 8.92. The van der Waals surface area contributed by atoms with Crippen LogP contribution in [0.15, 0.2) is 0 Å². The lowest BCUT2D eigenvalue weighted by Crippen LogP contribution is -2.66. The molecule has 0 atom stereocenters. The molecule has 3 saturated carbocycles. The lowest BCUT2D eigenvalue weighted by Gasteiger charge is -2.63. The minimum Gasteiger partial charge on any atom is -0.300 e. The molecule has 0 aromatic heterocycles. The molecule has 0 amide bonds. The van der Waals surface area contributed by atoms with Gasteiger partial charge in [-0.3, -0.25) is 9.69 Å². The monoisotopic (exact) mass is 446 g/mol. The Bertz CT molecular complexity index is 576. The van der Waals surface area contributed by atoms with E-state index in [9.17, 15) is 4.79 Å². The van der Waals surface area contributed by atoms with Gasteiger partial charge in [0.25, 0.3) is 0 Å².